The smallest absolute Gasteiger partial charge is 0.308 e. The van der Waals surface area contributed by atoms with Crippen LogP contribution in [-0.2, 0) is 19.1 Å². The first kappa shape index (κ1) is 14.4. The molecular weight excluding hydrogens is 280 g/mol. The number of para-hydroxylation sites is 1. The van der Waals surface area contributed by atoms with Crippen molar-refractivity contribution in [3.63, 3.8) is 0 Å². The van der Waals surface area contributed by atoms with E-state index in [9.17, 15) is 14.4 Å². The molecule has 0 radical (unpaired) electrons. The largest absolute Gasteiger partial charge is 0.453 e. The average molecular weight is 294 g/mol. The molecule has 1 aliphatic heterocycles. The quantitative estimate of drug-likeness (QED) is 0.804. The van der Waals surface area contributed by atoms with Crippen molar-refractivity contribution < 1.29 is 19.1 Å². The lowest BCUT2D eigenvalue weighted by Gasteiger charge is -2.23. The van der Waals surface area contributed by atoms with Gasteiger partial charge in [-0.05, 0) is 19.1 Å². The number of carbonyl (C=O) groups is 3. The van der Waals surface area contributed by atoms with Crippen molar-refractivity contribution in [2.45, 2.75) is 29.6 Å². The number of hydrogen-bond acceptors (Lipinski definition) is 5. The van der Waals surface area contributed by atoms with Gasteiger partial charge in [-0.2, -0.15) is 0 Å². The number of hydrogen-bond donors (Lipinski definition) is 2. The number of thioether (sulfide) groups is 1. The van der Waals surface area contributed by atoms with Gasteiger partial charge in [-0.15, -0.1) is 11.8 Å². The second kappa shape index (κ2) is 5.96. The topological polar surface area (TPSA) is 98.5 Å². The van der Waals surface area contributed by atoms with Crippen molar-refractivity contribution in [3.05, 3.63) is 24.3 Å². The van der Waals surface area contributed by atoms with Crippen LogP contribution in [0.2, 0.25) is 0 Å². The van der Waals surface area contributed by atoms with Gasteiger partial charge >= 0.3 is 5.97 Å². The minimum Gasteiger partial charge on any atom is -0.453 e. The van der Waals surface area contributed by atoms with Crippen molar-refractivity contribution in [1.29, 1.82) is 0 Å². The van der Waals surface area contributed by atoms with Crippen molar-refractivity contribution in [2.24, 2.45) is 5.73 Å². The molecule has 1 aromatic rings. The first-order chi connectivity index (χ1) is 9.47. The Morgan fingerprint density at radius 1 is 1.45 bits per heavy atom. The number of amides is 2. The highest BCUT2D eigenvalue weighted by atomic mass is 32.2. The van der Waals surface area contributed by atoms with Crippen molar-refractivity contribution in [1.82, 2.24) is 0 Å². The molecule has 0 saturated carbocycles. The SMILES string of the molecule is C[C@H](OC(=O)C[C@H]1Sc2ccccc2NC1=O)C(N)=O. The number of ether oxygens (including phenoxy) is 1. The zero-order valence-corrected chi connectivity index (χ0v) is 11.6. The molecule has 1 aromatic carbocycles. The first-order valence-corrected chi connectivity index (χ1v) is 6.90. The van der Waals surface area contributed by atoms with E-state index in [4.69, 9.17) is 10.5 Å². The summed E-state index contributed by atoms with van der Waals surface area (Å²) in [6.45, 7) is 1.39. The Morgan fingerprint density at radius 3 is 2.85 bits per heavy atom. The number of benzene rings is 1. The molecule has 106 valence electrons. The molecule has 0 saturated heterocycles. The van der Waals surface area contributed by atoms with Crippen LogP contribution in [0.25, 0.3) is 0 Å². The van der Waals surface area contributed by atoms with E-state index in [0.29, 0.717) is 0 Å². The van der Waals surface area contributed by atoms with Gasteiger partial charge in [0.15, 0.2) is 6.10 Å². The lowest BCUT2D eigenvalue weighted by atomic mass is 10.2. The first-order valence-electron chi connectivity index (χ1n) is 6.02. The van der Waals surface area contributed by atoms with E-state index in [1.54, 1.807) is 6.07 Å². The van der Waals surface area contributed by atoms with Crippen LogP contribution in [0.3, 0.4) is 0 Å². The summed E-state index contributed by atoms with van der Waals surface area (Å²) in [6.07, 6.45) is -1.10. The molecule has 1 heterocycles. The Kier molecular flexibility index (Phi) is 4.29. The highest BCUT2D eigenvalue weighted by Gasteiger charge is 2.30. The third-order valence-corrected chi connectivity index (χ3v) is 4.04. The van der Waals surface area contributed by atoms with Gasteiger partial charge in [0, 0.05) is 4.90 Å². The van der Waals surface area contributed by atoms with Crippen LogP contribution in [0.4, 0.5) is 5.69 Å². The third kappa shape index (κ3) is 3.30. The van der Waals surface area contributed by atoms with Gasteiger partial charge in [-0.1, -0.05) is 12.1 Å². The monoisotopic (exact) mass is 294 g/mol. The summed E-state index contributed by atoms with van der Waals surface area (Å²) in [5, 5.41) is 2.16. The Labute approximate surface area is 120 Å². The standard InChI is InChI=1S/C13H14N2O4S/c1-7(12(14)17)19-11(16)6-10-13(18)15-8-4-2-3-5-9(8)20-10/h2-5,7,10H,6H2,1H3,(H2,14,17)(H,15,18)/t7-,10+/m0/s1. The Bertz CT molecular complexity index is 561. The number of nitrogens with two attached hydrogens (primary N) is 1. The number of nitrogens with one attached hydrogen (secondary N) is 1. The number of primary amides is 1. The second-order valence-corrected chi connectivity index (χ2v) is 5.58. The van der Waals surface area contributed by atoms with Gasteiger partial charge < -0.3 is 15.8 Å². The summed E-state index contributed by atoms with van der Waals surface area (Å²) < 4.78 is 4.84. The predicted molar refractivity (Wildman–Crippen MR) is 74.1 cm³/mol. The molecule has 0 bridgehead atoms. The summed E-state index contributed by atoms with van der Waals surface area (Å²) in [4.78, 5) is 35.3. The Morgan fingerprint density at radius 2 is 2.15 bits per heavy atom. The van der Waals surface area contributed by atoms with Crippen LogP contribution in [0.15, 0.2) is 29.2 Å². The molecule has 2 atom stereocenters. The summed E-state index contributed by atoms with van der Waals surface area (Å²) in [7, 11) is 0. The van der Waals surface area contributed by atoms with Gasteiger partial charge in [0.25, 0.3) is 5.91 Å². The van der Waals surface area contributed by atoms with E-state index in [2.05, 4.69) is 5.32 Å². The van der Waals surface area contributed by atoms with E-state index in [1.165, 1.54) is 18.7 Å². The van der Waals surface area contributed by atoms with Crippen molar-refractivity contribution in [2.75, 3.05) is 5.32 Å². The molecular formula is C13H14N2O4S. The zero-order chi connectivity index (χ0) is 14.7. The Hall–Kier alpha value is -2.02. The van der Waals surface area contributed by atoms with Gasteiger partial charge in [-0.3, -0.25) is 14.4 Å². The van der Waals surface area contributed by atoms with Crippen LogP contribution < -0.4 is 11.1 Å². The molecule has 0 spiro atoms. The van der Waals surface area contributed by atoms with Gasteiger partial charge in [0.1, 0.15) is 0 Å². The molecule has 0 fully saturated rings. The molecule has 1 aliphatic rings. The fourth-order valence-corrected chi connectivity index (χ4v) is 2.78. The van der Waals surface area contributed by atoms with Crippen LogP contribution in [0.1, 0.15) is 13.3 Å². The number of anilines is 1. The predicted octanol–water partition coefficient (Wildman–Crippen LogP) is 0.907. The fourth-order valence-electron chi connectivity index (χ4n) is 1.68. The normalized spacial score (nSPS) is 18.6. The lowest BCUT2D eigenvalue weighted by Crippen LogP contribution is -2.34. The third-order valence-electron chi connectivity index (χ3n) is 2.77. The molecule has 7 heteroatoms. The summed E-state index contributed by atoms with van der Waals surface area (Å²) in [6, 6.07) is 7.34. The molecule has 6 nitrogen and oxygen atoms in total. The highest BCUT2D eigenvalue weighted by molar-refractivity contribution is 8.01. The minimum atomic E-state index is -0.994. The van der Waals surface area contributed by atoms with E-state index in [1.807, 2.05) is 18.2 Å². The fraction of sp³-hybridized carbons (Fsp3) is 0.308. The van der Waals surface area contributed by atoms with Crippen molar-refractivity contribution in [3.8, 4) is 0 Å². The molecule has 0 unspecified atom stereocenters. The number of rotatable bonds is 4. The van der Waals surface area contributed by atoms with Crippen LogP contribution >= 0.6 is 11.8 Å². The second-order valence-electron chi connectivity index (χ2n) is 4.33. The van der Waals surface area contributed by atoms with Crippen LogP contribution in [0, 0.1) is 0 Å². The number of esters is 1. The number of fused-ring (bicyclic) bond motifs is 1. The molecule has 2 rings (SSSR count). The zero-order valence-electron chi connectivity index (χ0n) is 10.8. The van der Waals surface area contributed by atoms with Crippen molar-refractivity contribution >= 4 is 35.2 Å². The Balaban J connectivity index is 1.99. The maximum atomic E-state index is 11.9. The molecule has 3 N–H and O–H groups in total. The van der Waals surface area contributed by atoms with E-state index in [-0.39, 0.29) is 12.3 Å². The van der Waals surface area contributed by atoms with E-state index in [0.717, 1.165) is 10.6 Å². The summed E-state index contributed by atoms with van der Waals surface area (Å²) in [5.74, 6) is -1.59. The van der Waals surface area contributed by atoms with Gasteiger partial charge in [0.05, 0.1) is 17.4 Å². The van der Waals surface area contributed by atoms with Crippen LogP contribution in [-0.4, -0.2) is 29.1 Å². The van der Waals surface area contributed by atoms with E-state index < -0.39 is 23.2 Å². The minimum absolute atomic E-state index is 0.109. The maximum Gasteiger partial charge on any atom is 0.308 e. The van der Waals surface area contributed by atoms with E-state index >= 15 is 0 Å². The van der Waals surface area contributed by atoms with Crippen LogP contribution in [0.5, 0.6) is 0 Å². The maximum absolute atomic E-state index is 11.9. The van der Waals surface area contributed by atoms with Gasteiger partial charge in [-0.25, -0.2) is 0 Å². The highest BCUT2D eigenvalue weighted by Crippen LogP contribution is 2.36. The average Bonchev–Trinajstić information content (AvgIpc) is 2.39. The number of carbonyl (C=O) groups excluding carboxylic acids is 3. The summed E-state index contributed by atoms with van der Waals surface area (Å²) in [5.41, 5.74) is 5.74. The van der Waals surface area contributed by atoms with Gasteiger partial charge in [0.2, 0.25) is 5.91 Å². The lowest BCUT2D eigenvalue weighted by molar-refractivity contribution is -0.154. The molecule has 20 heavy (non-hydrogen) atoms. The molecule has 2 amide bonds. The molecule has 0 aliphatic carbocycles. The summed E-state index contributed by atoms with van der Waals surface area (Å²) >= 11 is 1.30. The molecule has 0 aromatic heterocycles.